The van der Waals surface area contributed by atoms with Crippen LogP contribution in [0.15, 0.2) is 4.99 Å². The molecule has 2 fully saturated rings. The highest BCUT2D eigenvalue weighted by Crippen LogP contribution is 2.27. The predicted octanol–water partition coefficient (Wildman–Crippen LogP) is 2.59. The number of aliphatic imine (C=N–C) groups is 1. The van der Waals surface area contributed by atoms with Crippen LogP contribution in [-0.2, 0) is 9.53 Å². The normalized spacial score (nSPS) is 26.1. The van der Waals surface area contributed by atoms with Crippen LogP contribution in [0.2, 0.25) is 0 Å². The van der Waals surface area contributed by atoms with E-state index >= 15 is 0 Å². The van der Waals surface area contributed by atoms with E-state index in [2.05, 4.69) is 47.8 Å². The van der Waals surface area contributed by atoms with Gasteiger partial charge in [0.25, 0.3) is 0 Å². The van der Waals surface area contributed by atoms with Crippen molar-refractivity contribution in [1.82, 2.24) is 15.1 Å². The van der Waals surface area contributed by atoms with Gasteiger partial charge in [0.15, 0.2) is 5.96 Å². The molecule has 2 aliphatic heterocycles. The quantitative estimate of drug-likeness (QED) is 0.451. The molecule has 0 aromatic carbocycles. The van der Waals surface area contributed by atoms with E-state index in [1.165, 1.54) is 19.5 Å². The van der Waals surface area contributed by atoms with Crippen molar-refractivity contribution in [2.45, 2.75) is 59.4 Å². The minimum absolute atomic E-state index is 0.0343. The molecule has 0 aromatic heterocycles. The van der Waals surface area contributed by atoms with Crippen molar-refractivity contribution in [2.24, 2.45) is 22.7 Å². The van der Waals surface area contributed by atoms with Gasteiger partial charge >= 0.3 is 5.97 Å². The Morgan fingerprint density at radius 1 is 1.19 bits per heavy atom. The number of guanidine groups is 1. The van der Waals surface area contributed by atoms with Crippen LogP contribution in [0.5, 0.6) is 0 Å². The summed E-state index contributed by atoms with van der Waals surface area (Å²) >= 11 is 0. The van der Waals surface area contributed by atoms with Crippen LogP contribution in [0.1, 0.15) is 53.9 Å². The Morgan fingerprint density at radius 3 is 2.30 bits per heavy atom. The molecule has 0 bridgehead atoms. The summed E-state index contributed by atoms with van der Waals surface area (Å²) in [5.74, 6) is 2.45. The lowest BCUT2D eigenvalue weighted by atomic mass is 9.88. The van der Waals surface area contributed by atoms with E-state index < -0.39 is 0 Å². The number of piperidine rings is 2. The van der Waals surface area contributed by atoms with Gasteiger partial charge in [0.05, 0.1) is 12.5 Å². The highest BCUT2D eigenvalue weighted by Gasteiger charge is 2.33. The van der Waals surface area contributed by atoms with Crippen LogP contribution in [-0.4, -0.2) is 73.6 Å². The molecule has 0 amide bonds. The van der Waals surface area contributed by atoms with Crippen molar-refractivity contribution in [1.29, 1.82) is 0 Å². The predicted molar refractivity (Wildman–Crippen MR) is 111 cm³/mol. The Labute approximate surface area is 165 Å². The molecule has 1 N–H and O–H groups in total. The molecule has 156 valence electrons. The minimum atomic E-state index is -0.0467. The van der Waals surface area contributed by atoms with Gasteiger partial charge in [-0.05, 0) is 51.9 Å². The molecule has 0 spiro atoms. The Kier molecular flexibility index (Phi) is 7.95. The molecular formula is C21H40N4O2. The molecule has 6 heteroatoms. The van der Waals surface area contributed by atoms with Gasteiger partial charge in [-0.1, -0.05) is 13.8 Å². The standard InChI is InChI=1S/C21H40N4O2/c1-7-27-19(26)18-8-10-24(11-9-18)20(22-6)23-15-21(4,5)25-13-16(2)12-17(3)14-25/h16-18H,7-15H2,1-6H3,(H,22,23). The summed E-state index contributed by atoms with van der Waals surface area (Å²) in [6.07, 6.45) is 3.01. The number of nitrogens with one attached hydrogen (secondary N) is 1. The lowest BCUT2D eigenvalue weighted by molar-refractivity contribution is -0.149. The number of carbonyl (C=O) groups excluding carboxylic acids is 1. The summed E-state index contributed by atoms with van der Waals surface area (Å²) in [7, 11) is 1.85. The van der Waals surface area contributed by atoms with Gasteiger partial charge in [0.1, 0.15) is 0 Å². The molecule has 0 saturated carbocycles. The Hall–Kier alpha value is -1.30. The minimum Gasteiger partial charge on any atom is -0.466 e. The molecular weight excluding hydrogens is 340 g/mol. The van der Waals surface area contributed by atoms with E-state index in [1.54, 1.807) is 0 Å². The van der Waals surface area contributed by atoms with Crippen molar-refractivity contribution in [3.8, 4) is 0 Å². The third-order valence-corrected chi connectivity index (χ3v) is 6.03. The summed E-state index contributed by atoms with van der Waals surface area (Å²) in [6, 6.07) is 0. The first-order chi connectivity index (χ1) is 12.8. The number of esters is 1. The molecule has 27 heavy (non-hydrogen) atoms. The maximum atomic E-state index is 11.9. The first-order valence-electron chi connectivity index (χ1n) is 10.6. The van der Waals surface area contributed by atoms with E-state index in [4.69, 9.17) is 4.74 Å². The number of hydrogen-bond acceptors (Lipinski definition) is 4. The SMILES string of the molecule is CCOC(=O)C1CCN(C(=NC)NCC(C)(C)N2CC(C)CC(C)C2)CC1. The van der Waals surface area contributed by atoms with Crippen LogP contribution in [0, 0.1) is 17.8 Å². The smallest absolute Gasteiger partial charge is 0.309 e. The molecule has 6 nitrogen and oxygen atoms in total. The average molecular weight is 381 g/mol. The van der Waals surface area contributed by atoms with Crippen LogP contribution in [0.25, 0.3) is 0 Å². The fraction of sp³-hybridized carbons (Fsp3) is 0.905. The fourth-order valence-electron chi connectivity index (χ4n) is 4.48. The summed E-state index contributed by atoms with van der Waals surface area (Å²) in [5.41, 5.74) is 0.0855. The fourth-order valence-corrected chi connectivity index (χ4v) is 4.48. The number of rotatable bonds is 5. The van der Waals surface area contributed by atoms with Gasteiger partial charge in [-0.25, -0.2) is 0 Å². The van der Waals surface area contributed by atoms with Crippen molar-refractivity contribution >= 4 is 11.9 Å². The molecule has 2 atom stereocenters. The Morgan fingerprint density at radius 2 is 1.78 bits per heavy atom. The molecule has 0 aromatic rings. The van der Waals surface area contributed by atoms with Gasteiger partial charge in [-0.3, -0.25) is 14.7 Å². The molecule has 2 rings (SSSR count). The summed E-state index contributed by atoms with van der Waals surface area (Å²) in [6.45, 7) is 16.6. The van der Waals surface area contributed by atoms with E-state index in [1.807, 2.05) is 14.0 Å². The second-order valence-electron chi connectivity index (χ2n) is 9.08. The largest absolute Gasteiger partial charge is 0.466 e. The maximum Gasteiger partial charge on any atom is 0.309 e. The summed E-state index contributed by atoms with van der Waals surface area (Å²) in [4.78, 5) is 21.3. The molecule has 2 aliphatic rings. The van der Waals surface area contributed by atoms with Crippen molar-refractivity contribution < 1.29 is 9.53 Å². The first-order valence-corrected chi connectivity index (χ1v) is 10.6. The van der Waals surface area contributed by atoms with Crippen LogP contribution in [0.3, 0.4) is 0 Å². The van der Waals surface area contributed by atoms with Gasteiger partial charge in [0, 0.05) is 45.3 Å². The zero-order valence-corrected chi connectivity index (χ0v) is 18.3. The van der Waals surface area contributed by atoms with Crippen LogP contribution in [0.4, 0.5) is 0 Å². The third-order valence-electron chi connectivity index (χ3n) is 6.03. The van der Waals surface area contributed by atoms with Gasteiger partial charge < -0.3 is 15.0 Å². The lowest BCUT2D eigenvalue weighted by Crippen LogP contribution is -2.58. The van der Waals surface area contributed by atoms with Crippen LogP contribution >= 0.6 is 0 Å². The highest BCUT2D eigenvalue weighted by atomic mass is 16.5. The average Bonchev–Trinajstić information content (AvgIpc) is 2.62. The van der Waals surface area contributed by atoms with Gasteiger partial charge in [-0.15, -0.1) is 0 Å². The zero-order valence-electron chi connectivity index (χ0n) is 18.3. The monoisotopic (exact) mass is 380 g/mol. The molecule has 2 unspecified atom stereocenters. The van der Waals surface area contributed by atoms with Crippen molar-refractivity contribution in [3.63, 3.8) is 0 Å². The number of likely N-dealkylation sites (tertiary alicyclic amines) is 2. The second-order valence-corrected chi connectivity index (χ2v) is 9.08. The van der Waals surface area contributed by atoms with E-state index in [9.17, 15) is 4.79 Å². The van der Waals surface area contributed by atoms with Gasteiger partial charge in [0.2, 0.25) is 0 Å². The number of nitrogens with zero attached hydrogens (tertiary/aromatic N) is 3. The maximum absolute atomic E-state index is 11.9. The lowest BCUT2D eigenvalue weighted by Gasteiger charge is -2.45. The number of ether oxygens (including phenoxy) is 1. The van der Waals surface area contributed by atoms with Gasteiger partial charge in [-0.2, -0.15) is 0 Å². The summed E-state index contributed by atoms with van der Waals surface area (Å²) < 4.78 is 5.17. The molecule has 2 heterocycles. The Balaban J connectivity index is 1.86. The van der Waals surface area contributed by atoms with E-state index in [0.29, 0.717) is 6.61 Å². The summed E-state index contributed by atoms with van der Waals surface area (Å²) in [5, 5.41) is 3.59. The van der Waals surface area contributed by atoms with Crippen LogP contribution < -0.4 is 5.32 Å². The third kappa shape index (κ3) is 6.09. The topological polar surface area (TPSA) is 57.2 Å². The second kappa shape index (κ2) is 9.76. The molecule has 0 radical (unpaired) electrons. The Bertz CT molecular complexity index is 502. The molecule has 2 saturated heterocycles. The zero-order chi connectivity index (χ0) is 20.0. The molecule has 0 aliphatic carbocycles. The first kappa shape index (κ1) is 22.0. The van der Waals surface area contributed by atoms with E-state index in [-0.39, 0.29) is 17.4 Å². The van der Waals surface area contributed by atoms with E-state index in [0.717, 1.165) is 50.3 Å². The highest BCUT2D eigenvalue weighted by molar-refractivity contribution is 5.80. The van der Waals surface area contributed by atoms with Crippen molar-refractivity contribution in [2.75, 3.05) is 46.4 Å². The number of carbonyl (C=O) groups is 1. The van der Waals surface area contributed by atoms with Crippen molar-refractivity contribution in [3.05, 3.63) is 0 Å². The number of hydrogen-bond donors (Lipinski definition) is 1.